The van der Waals surface area contributed by atoms with Gasteiger partial charge in [-0.3, -0.25) is 0 Å². The molecule has 23 heavy (non-hydrogen) atoms. The quantitative estimate of drug-likeness (QED) is 0.821. The number of piperidine rings is 1. The summed E-state index contributed by atoms with van der Waals surface area (Å²) in [6, 6.07) is 16.0. The van der Waals surface area contributed by atoms with Crippen molar-refractivity contribution in [1.82, 2.24) is 5.32 Å². The van der Waals surface area contributed by atoms with Crippen molar-refractivity contribution in [2.45, 2.75) is 19.3 Å². The lowest BCUT2D eigenvalue weighted by Gasteiger charge is -2.37. The summed E-state index contributed by atoms with van der Waals surface area (Å²) in [7, 11) is 0. The third kappa shape index (κ3) is 4.41. The average Bonchev–Trinajstić information content (AvgIpc) is 2.58. The van der Waals surface area contributed by atoms with Crippen LogP contribution in [0.5, 0.6) is 5.75 Å². The molecule has 0 unspecified atom stereocenters. The van der Waals surface area contributed by atoms with Gasteiger partial charge in [0, 0.05) is 5.41 Å². The third-order valence-electron chi connectivity index (χ3n) is 4.52. The van der Waals surface area contributed by atoms with Crippen molar-refractivity contribution in [3.63, 3.8) is 0 Å². The van der Waals surface area contributed by atoms with E-state index < -0.39 is 0 Å². The minimum absolute atomic E-state index is 0.137. The molecular formula is C19H21Cl2NO. The van der Waals surface area contributed by atoms with Crippen LogP contribution in [0.2, 0.25) is 10.0 Å². The van der Waals surface area contributed by atoms with Crippen LogP contribution in [0, 0.1) is 5.41 Å². The molecule has 2 aromatic rings. The monoisotopic (exact) mass is 349 g/mol. The average molecular weight is 350 g/mol. The van der Waals surface area contributed by atoms with Crippen molar-refractivity contribution in [2.75, 3.05) is 19.7 Å². The Hall–Kier alpha value is -1.22. The Morgan fingerprint density at radius 3 is 2.39 bits per heavy atom. The topological polar surface area (TPSA) is 21.3 Å². The number of hydrogen-bond donors (Lipinski definition) is 1. The Morgan fingerprint density at radius 2 is 1.70 bits per heavy atom. The van der Waals surface area contributed by atoms with E-state index in [-0.39, 0.29) is 5.41 Å². The maximum atomic E-state index is 6.17. The summed E-state index contributed by atoms with van der Waals surface area (Å²) >= 11 is 12.2. The lowest BCUT2D eigenvalue weighted by molar-refractivity contribution is 0.104. The van der Waals surface area contributed by atoms with Crippen LogP contribution in [0.3, 0.4) is 0 Å². The number of rotatable bonds is 5. The molecule has 0 radical (unpaired) electrons. The fourth-order valence-electron chi connectivity index (χ4n) is 3.17. The summed E-state index contributed by atoms with van der Waals surface area (Å²) in [6.07, 6.45) is 3.15. The van der Waals surface area contributed by atoms with Crippen LogP contribution >= 0.6 is 23.2 Å². The van der Waals surface area contributed by atoms with E-state index in [2.05, 4.69) is 11.4 Å². The molecule has 1 fully saturated rings. The molecule has 2 nitrogen and oxygen atoms in total. The molecule has 3 rings (SSSR count). The maximum Gasteiger partial charge on any atom is 0.119 e. The summed E-state index contributed by atoms with van der Waals surface area (Å²) in [6.45, 7) is 2.78. The molecule has 0 saturated carbocycles. The first-order valence-electron chi connectivity index (χ1n) is 7.99. The molecule has 4 heteroatoms. The summed E-state index contributed by atoms with van der Waals surface area (Å²) in [5, 5.41) is 4.67. The lowest BCUT2D eigenvalue weighted by Crippen LogP contribution is -2.42. The second-order valence-corrected chi connectivity index (χ2v) is 7.09. The minimum atomic E-state index is 0.137. The molecule has 0 bridgehead atoms. The van der Waals surface area contributed by atoms with E-state index >= 15 is 0 Å². The maximum absolute atomic E-state index is 6.17. The summed E-state index contributed by atoms with van der Waals surface area (Å²) in [5.41, 5.74) is 1.36. The molecule has 1 saturated heterocycles. The van der Waals surface area contributed by atoms with Gasteiger partial charge in [0.2, 0.25) is 0 Å². The third-order valence-corrected chi connectivity index (χ3v) is 5.25. The fraction of sp³-hybridized carbons (Fsp3) is 0.368. The van der Waals surface area contributed by atoms with Crippen molar-refractivity contribution in [1.29, 1.82) is 0 Å². The van der Waals surface area contributed by atoms with Crippen LogP contribution < -0.4 is 10.1 Å². The number of nitrogens with one attached hydrogen (secondary N) is 1. The second-order valence-electron chi connectivity index (χ2n) is 6.28. The van der Waals surface area contributed by atoms with Crippen LogP contribution in [-0.4, -0.2) is 19.7 Å². The van der Waals surface area contributed by atoms with Crippen molar-refractivity contribution in [3.05, 3.63) is 64.1 Å². The van der Waals surface area contributed by atoms with E-state index in [4.69, 9.17) is 27.9 Å². The highest BCUT2D eigenvalue weighted by atomic mass is 35.5. The fourth-order valence-corrected chi connectivity index (χ4v) is 3.49. The predicted molar refractivity (Wildman–Crippen MR) is 96.6 cm³/mol. The normalized spacial score (nSPS) is 17.0. The molecule has 1 N–H and O–H groups in total. The van der Waals surface area contributed by atoms with Crippen molar-refractivity contribution < 1.29 is 4.74 Å². The molecular weight excluding hydrogens is 329 g/mol. The Balaban J connectivity index is 1.74. The smallest absolute Gasteiger partial charge is 0.119 e. The second kappa shape index (κ2) is 7.57. The predicted octanol–water partition coefficient (Wildman–Crippen LogP) is 4.98. The van der Waals surface area contributed by atoms with E-state index in [9.17, 15) is 0 Å². The summed E-state index contributed by atoms with van der Waals surface area (Å²) < 4.78 is 6.09. The number of hydrogen-bond acceptors (Lipinski definition) is 2. The van der Waals surface area contributed by atoms with Gasteiger partial charge >= 0.3 is 0 Å². The van der Waals surface area contributed by atoms with Crippen LogP contribution in [-0.2, 0) is 6.42 Å². The van der Waals surface area contributed by atoms with Gasteiger partial charge in [0.25, 0.3) is 0 Å². The van der Waals surface area contributed by atoms with E-state index in [1.807, 2.05) is 42.5 Å². The van der Waals surface area contributed by atoms with Gasteiger partial charge in [-0.15, -0.1) is 0 Å². The zero-order chi connectivity index (χ0) is 16.1. The lowest BCUT2D eigenvalue weighted by atomic mass is 9.75. The SMILES string of the molecule is Clc1ccc(CC2(COc3ccccc3)CCNCC2)cc1Cl. The first-order chi connectivity index (χ1) is 11.2. The van der Waals surface area contributed by atoms with Gasteiger partial charge in [0.1, 0.15) is 5.75 Å². The zero-order valence-electron chi connectivity index (χ0n) is 13.0. The van der Waals surface area contributed by atoms with Gasteiger partial charge in [-0.1, -0.05) is 47.5 Å². The highest BCUT2D eigenvalue weighted by Crippen LogP contribution is 2.35. The highest BCUT2D eigenvalue weighted by Gasteiger charge is 2.33. The van der Waals surface area contributed by atoms with Crippen molar-refractivity contribution in [2.24, 2.45) is 5.41 Å². The van der Waals surface area contributed by atoms with Crippen molar-refractivity contribution in [3.8, 4) is 5.75 Å². The molecule has 0 atom stereocenters. The first kappa shape index (κ1) is 16.6. The van der Waals surface area contributed by atoms with Crippen LogP contribution in [0.1, 0.15) is 18.4 Å². The number of halogens is 2. The van der Waals surface area contributed by atoms with Gasteiger partial charge < -0.3 is 10.1 Å². The van der Waals surface area contributed by atoms with Gasteiger partial charge in [-0.2, -0.15) is 0 Å². The number of ether oxygens (including phenoxy) is 1. The molecule has 122 valence electrons. The Labute approximate surface area is 147 Å². The largest absolute Gasteiger partial charge is 0.493 e. The van der Waals surface area contributed by atoms with Crippen molar-refractivity contribution >= 4 is 23.2 Å². The van der Waals surface area contributed by atoms with E-state index in [0.717, 1.165) is 44.7 Å². The van der Waals surface area contributed by atoms with Crippen LogP contribution in [0.15, 0.2) is 48.5 Å². The van der Waals surface area contributed by atoms with Crippen LogP contribution in [0.25, 0.3) is 0 Å². The van der Waals surface area contributed by atoms with E-state index in [1.165, 1.54) is 5.56 Å². The van der Waals surface area contributed by atoms with Gasteiger partial charge in [-0.25, -0.2) is 0 Å². The zero-order valence-corrected chi connectivity index (χ0v) is 14.5. The molecule has 2 aromatic carbocycles. The Bertz CT molecular complexity index is 639. The summed E-state index contributed by atoms with van der Waals surface area (Å²) in [5.74, 6) is 0.930. The molecule has 1 aliphatic rings. The highest BCUT2D eigenvalue weighted by molar-refractivity contribution is 6.42. The summed E-state index contributed by atoms with van der Waals surface area (Å²) in [4.78, 5) is 0. The molecule has 1 heterocycles. The van der Waals surface area contributed by atoms with Gasteiger partial charge in [0.05, 0.1) is 16.7 Å². The first-order valence-corrected chi connectivity index (χ1v) is 8.75. The molecule has 0 spiro atoms. The van der Waals surface area contributed by atoms with Crippen LogP contribution in [0.4, 0.5) is 0 Å². The molecule has 0 aliphatic carbocycles. The molecule has 0 amide bonds. The van der Waals surface area contributed by atoms with Gasteiger partial charge in [-0.05, 0) is 62.2 Å². The Kier molecular flexibility index (Phi) is 5.47. The molecule has 0 aromatic heterocycles. The minimum Gasteiger partial charge on any atom is -0.493 e. The Morgan fingerprint density at radius 1 is 0.957 bits per heavy atom. The van der Waals surface area contributed by atoms with E-state index in [1.54, 1.807) is 0 Å². The number of para-hydroxylation sites is 1. The standard InChI is InChI=1S/C19H21Cl2NO/c20-17-7-6-15(12-18(17)21)13-19(8-10-22-11-9-19)14-23-16-4-2-1-3-5-16/h1-7,12,22H,8-11,13-14H2. The van der Waals surface area contributed by atoms with Gasteiger partial charge in [0.15, 0.2) is 0 Å². The van der Waals surface area contributed by atoms with E-state index in [0.29, 0.717) is 10.0 Å². The molecule has 1 aliphatic heterocycles. The number of benzene rings is 2.